The molecule has 2 fully saturated rings. The van der Waals surface area contributed by atoms with Crippen LogP contribution in [0, 0.1) is 12.8 Å². The number of nitrogens with one attached hydrogen (secondary N) is 1. The molecule has 0 radical (unpaired) electrons. The molecule has 2 aliphatic rings. The molecule has 2 heterocycles. The molecule has 1 aromatic rings. The normalized spacial score (nSPS) is 20.0. The van der Waals surface area contributed by atoms with Gasteiger partial charge >= 0.3 is 0 Å². The van der Waals surface area contributed by atoms with Gasteiger partial charge in [-0.05, 0) is 60.2 Å². The van der Waals surface area contributed by atoms with Crippen LogP contribution in [0.25, 0.3) is 0 Å². The molecule has 0 unspecified atom stereocenters. The Hall–Kier alpha value is -1.10. The second-order valence-electron chi connectivity index (χ2n) is 5.84. The Balaban J connectivity index is 1.56. The van der Waals surface area contributed by atoms with Gasteiger partial charge in [-0.15, -0.1) is 0 Å². The zero-order valence-corrected chi connectivity index (χ0v) is 13.3. The van der Waals surface area contributed by atoms with E-state index in [0.717, 1.165) is 49.1 Å². The van der Waals surface area contributed by atoms with Crippen molar-refractivity contribution in [3.05, 3.63) is 22.3 Å². The molecule has 5 heteroatoms. The number of anilines is 1. The van der Waals surface area contributed by atoms with Gasteiger partial charge in [0.05, 0.1) is 0 Å². The minimum atomic E-state index is 0.265. The third-order valence-corrected chi connectivity index (χ3v) is 4.54. The summed E-state index contributed by atoms with van der Waals surface area (Å²) in [5.41, 5.74) is 1.19. The predicted molar refractivity (Wildman–Crippen MR) is 82.8 cm³/mol. The van der Waals surface area contributed by atoms with Crippen molar-refractivity contribution in [3.63, 3.8) is 0 Å². The van der Waals surface area contributed by atoms with Crippen molar-refractivity contribution >= 4 is 27.7 Å². The predicted octanol–water partition coefficient (Wildman–Crippen LogP) is 2.65. The Kier molecular flexibility index (Phi) is 3.96. The van der Waals surface area contributed by atoms with E-state index in [1.807, 2.05) is 6.20 Å². The van der Waals surface area contributed by atoms with E-state index in [0.29, 0.717) is 12.0 Å². The first kappa shape index (κ1) is 13.9. The number of carbonyl (C=O) groups is 1. The zero-order valence-electron chi connectivity index (χ0n) is 11.7. The molecule has 1 amide bonds. The van der Waals surface area contributed by atoms with Gasteiger partial charge in [0.25, 0.3) is 0 Å². The summed E-state index contributed by atoms with van der Waals surface area (Å²) in [5.74, 6) is 1.64. The van der Waals surface area contributed by atoms with Gasteiger partial charge < -0.3 is 10.2 Å². The number of pyridine rings is 1. The maximum atomic E-state index is 11.8. The van der Waals surface area contributed by atoms with E-state index in [1.165, 1.54) is 5.56 Å². The van der Waals surface area contributed by atoms with E-state index in [9.17, 15) is 4.79 Å². The van der Waals surface area contributed by atoms with Crippen molar-refractivity contribution in [2.75, 3.05) is 18.0 Å². The number of nitrogens with zero attached hydrogens (tertiary/aromatic N) is 2. The van der Waals surface area contributed by atoms with Gasteiger partial charge in [0.15, 0.2) is 0 Å². The van der Waals surface area contributed by atoms with Gasteiger partial charge in [0, 0.05) is 35.7 Å². The van der Waals surface area contributed by atoms with Crippen molar-refractivity contribution in [2.45, 2.75) is 38.6 Å². The summed E-state index contributed by atoms with van der Waals surface area (Å²) in [6.45, 7) is 4.02. The minimum absolute atomic E-state index is 0.265. The second kappa shape index (κ2) is 5.72. The standard InChI is InChI=1S/C15H20BrN3O/c1-10-8-12(16)9-17-14(10)19-6-4-13(5-7-19)18-15(20)11-2-3-11/h8-9,11,13H,2-7H2,1H3,(H,18,20). The van der Waals surface area contributed by atoms with Crippen LogP contribution in [0.5, 0.6) is 0 Å². The highest BCUT2D eigenvalue weighted by atomic mass is 79.9. The molecule has 3 rings (SSSR count). The first-order chi connectivity index (χ1) is 9.63. The van der Waals surface area contributed by atoms with Crippen LogP contribution in [0.3, 0.4) is 0 Å². The summed E-state index contributed by atoms with van der Waals surface area (Å²) in [4.78, 5) is 18.6. The van der Waals surface area contributed by atoms with Crippen molar-refractivity contribution in [2.24, 2.45) is 5.92 Å². The largest absolute Gasteiger partial charge is 0.356 e. The minimum Gasteiger partial charge on any atom is -0.356 e. The number of carbonyl (C=O) groups excluding carboxylic acids is 1. The fourth-order valence-corrected chi connectivity index (χ4v) is 3.21. The summed E-state index contributed by atoms with van der Waals surface area (Å²) in [5, 5.41) is 3.18. The number of aryl methyl sites for hydroxylation is 1. The lowest BCUT2D eigenvalue weighted by atomic mass is 10.0. The summed E-state index contributed by atoms with van der Waals surface area (Å²) in [6, 6.07) is 2.44. The molecule has 0 spiro atoms. The van der Waals surface area contributed by atoms with E-state index in [2.05, 4.69) is 44.1 Å². The molecule has 0 bridgehead atoms. The fraction of sp³-hybridized carbons (Fsp3) is 0.600. The number of aromatic nitrogens is 1. The van der Waals surface area contributed by atoms with Crippen LogP contribution in [-0.4, -0.2) is 30.0 Å². The number of rotatable bonds is 3. The molecular formula is C15H20BrN3O. The molecular weight excluding hydrogens is 318 g/mol. The van der Waals surface area contributed by atoms with Crippen molar-refractivity contribution in [3.8, 4) is 0 Å². The highest BCUT2D eigenvalue weighted by Gasteiger charge is 2.31. The Morgan fingerprint density at radius 3 is 2.65 bits per heavy atom. The van der Waals surface area contributed by atoms with Gasteiger partial charge in [-0.1, -0.05) is 0 Å². The average molecular weight is 338 g/mol. The van der Waals surface area contributed by atoms with Crippen molar-refractivity contribution in [1.29, 1.82) is 0 Å². The highest BCUT2D eigenvalue weighted by molar-refractivity contribution is 9.10. The molecule has 1 aromatic heterocycles. The Morgan fingerprint density at radius 1 is 1.35 bits per heavy atom. The number of hydrogen-bond acceptors (Lipinski definition) is 3. The molecule has 0 aromatic carbocycles. The lowest BCUT2D eigenvalue weighted by Crippen LogP contribution is -2.45. The van der Waals surface area contributed by atoms with Crippen molar-refractivity contribution < 1.29 is 4.79 Å². The quantitative estimate of drug-likeness (QED) is 0.922. The third kappa shape index (κ3) is 3.14. The summed E-state index contributed by atoms with van der Waals surface area (Å²) in [7, 11) is 0. The average Bonchev–Trinajstić information content (AvgIpc) is 3.24. The summed E-state index contributed by atoms with van der Waals surface area (Å²) in [6.07, 6.45) is 6.02. The molecule has 1 aliphatic carbocycles. The maximum Gasteiger partial charge on any atom is 0.223 e. The second-order valence-corrected chi connectivity index (χ2v) is 6.75. The lowest BCUT2D eigenvalue weighted by Gasteiger charge is -2.34. The lowest BCUT2D eigenvalue weighted by molar-refractivity contribution is -0.123. The monoisotopic (exact) mass is 337 g/mol. The van der Waals surface area contributed by atoms with E-state index < -0.39 is 0 Å². The smallest absolute Gasteiger partial charge is 0.223 e. The number of hydrogen-bond donors (Lipinski definition) is 1. The van der Waals surface area contributed by atoms with E-state index >= 15 is 0 Å². The van der Waals surface area contributed by atoms with Crippen LogP contribution < -0.4 is 10.2 Å². The SMILES string of the molecule is Cc1cc(Br)cnc1N1CCC(NC(=O)C2CC2)CC1. The van der Waals surface area contributed by atoms with Crippen molar-refractivity contribution in [1.82, 2.24) is 10.3 Å². The molecule has 108 valence electrons. The molecule has 1 saturated heterocycles. The van der Waals surface area contributed by atoms with E-state index in [4.69, 9.17) is 0 Å². The van der Waals surface area contributed by atoms with Crippen LogP contribution in [0.2, 0.25) is 0 Å². The molecule has 1 saturated carbocycles. The first-order valence-corrected chi connectivity index (χ1v) is 8.10. The number of halogens is 1. The zero-order chi connectivity index (χ0) is 14.1. The van der Waals surface area contributed by atoms with E-state index in [-0.39, 0.29) is 5.91 Å². The molecule has 20 heavy (non-hydrogen) atoms. The van der Waals surface area contributed by atoms with Gasteiger partial charge in [0.2, 0.25) is 5.91 Å². The molecule has 4 nitrogen and oxygen atoms in total. The highest BCUT2D eigenvalue weighted by Crippen LogP contribution is 2.29. The van der Waals surface area contributed by atoms with Crippen LogP contribution in [0.1, 0.15) is 31.2 Å². The van der Waals surface area contributed by atoms with Gasteiger partial charge in [0.1, 0.15) is 5.82 Å². The van der Waals surface area contributed by atoms with Crippen LogP contribution in [-0.2, 0) is 4.79 Å². The first-order valence-electron chi connectivity index (χ1n) is 7.31. The van der Waals surface area contributed by atoms with Crippen LogP contribution >= 0.6 is 15.9 Å². The summed E-state index contributed by atoms with van der Waals surface area (Å²) < 4.78 is 1.02. The Morgan fingerprint density at radius 2 is 2.05 bits per heavy atom. The topological polar surface area (TPSA) is 45.2 Å². The summed E-state index contributed by atoms with van der Waals surface area (Å²) >= 11 is 3.45. The Bertz CT molecular complexity index is 508. The number of piperidine rings is 1. The maximum absolute atomic E-state index is 11.8. The van der Waals surface area contributed by atoms with Gasteiger partial charge in [-0.3, -0.25) is 4.79 Å². The van der Waals surface area contributed by atoms with Crippen LogP contribution in [0.4, 0.5) is 5.82 Å². The fourth-order valence-electron chi connectivity index (χ4n) is 2.76. The van der Waals surface area contributed by atoms with Crippen LogP contribution in [0.15, 0.2) is 16.7 Å². The molecule has 0 atom stereocenters. The van der Waals surface area contributed by atoms with Gasteiger partial charge in [-0.25, -0.2) is 4.98 Å². The number of amides is 1. The Labute approximate surface area is 128 Å². The van der Waals surface area contributed by atoms with Gasteiger partial charge in [-0.2, -0.15) is 0 Å². The molecule has 1 aliphatic heterocycles. The van der Waals surface area contributed by atoms with E-state index in [1.54, 1.807) is 0 Å². The third-order valence-electron chi connectivity index (χ3n) is 4.11. The molecule has 1 N–H and O–H groups in total.